The van der Waals surface area contributed by atoms with Crippen molar-refractivity contribution in [1.82, 2.24) is 4.57 Å². The second-order valence-electron chi connectivity index (χ2n) is 8.44. The molecular weight excluding hydrogens is 500 g/mol. The summed E-state index contributed by atoms with van der Waals surface area (Å²) in [6, 6.07) is 12.0. The van der Waals surface area contributed by atoms with E-state index in [9.17, 15) is 9.59 Å². The number of thiazole rings is 1. The smallest absolute Gasteiger partial charge is 0.338 e. The summed E-state index contributed by atoms with van der Waals surface area (Å²) in [5, 5.41) is 0.460. The normalized spacial score (nSPS) is 15.5. The van der Waals surface area contributed by atoms with Gasteiger partial charge in [0.25, 0.3) is 5.56 Å². The highest BCUT2D eigenvalue weighted by atomic mass is 35.5. The van der Waals surface area contributed by atoms with E-state index in [2.05, 4.69) is 4.99 Å². The molecule has 188 valence electrons. The van der Waals surface area contributed by atoms with Gasteiger partial charge in [-0.3, -0.25) is 9.36 Å². The molecule has 7 nitrogen and oxygen atoms in total. The minimum absolute atomic E-state index is 0.265. The summed E-state index contributed by atoms with van der Waals surface area (Å²) in [7, 11) is 1.57. The molecule has 1 atom stereocenters. The summed E-state index contributed by atoms with van der Waals surface area (Å²) in [6.07, 6.45) is 1.44. The van der Waals surface area contributed by atoms with Crippen LogP contribution in [0, 0.1) is 0 Å². The largest absolute Gasteiger partial charge is 0.497 e. The molecule has 3 aromatic rings. The van der Waals surface area contributed by atoms with Gasteiger partial charge in [0.05, 0.1) is 46.7 Å². The second kappa shape index (κ2) is 10.7. The minimum Gasteiger partial charge on any atom is -0.497 e. The van der Waals surface area contributed by atoms with Crippen LogP contribution >= 0.6 is 22.9 Å². The molecule has 1 aliphatic rings. The van der Waals surface area contributed by atoms with Crippen molar-refractivity contribution >= 4 is 35.0 Å². The van der Waals surface area contributed by atoms with E-state index in [1.807, 2.05) is 37.3 Å². The molecule has 0 fully saturated rings. The molecule has 0 radical (unpaired) electrons. The predicted octanol–water partition coefficient (Wildman–Crippen LogP) is 4.25. The number of nitrogens with zero attached hydrogens (tertiary/aromatic N) is 2. The molecule has 36 heavy (non-hydrogen) atoms. The number of halogens is 1. The third kappa shape index (κ3) is 5.10. The van der Waals surface area contributed by atoms with Gasteiger partial charge in [-0.15, -0.1) is 0 Å². The molecule has 0 saturated heterocycles. The lowest BCUT2D eigenvalue weighted by molar-refractivity contribution is -0.143. The maximum atomic E-state index is 13.7. The first kappa shape index (κ1) is 25.7. The maximum Gasteiger partial charge on any atom is 0.338 e. The lowest BCUT2D eigenvalue weighted by atomic mass is 9.95. The average molecular weight is 527 g/mol. The molecule has 2 heterocycles. The first-order valence-electron chi connectivity index (χ1n) is 11.5. The Bertz CT molecular complexity index is 1520. The van der Waals surface area contributed by atoms with E-state index in [1.165, 1.54) is 11.3 Å². The summed E-state index contributed by atoms with van der Waals surface area (Å²) in [6.45, 7) is 7.71. The fraction of sp³-hybridized carbons (Fsp3) is 0.296. The van der Waals surface area contributed by atoms with E-state index < -0.39 is 12.0 Å². The number of fused-ring (bicyclic) bond motifs is 1. The van der Waals surface area contributed by atoms with Crippen LogP contribution in [0.1, 0.15) is 44.9 Å². The number of carbonyl (C=O) groups is 1. The first-order chi connectivity index (χ1) is 17.2. The number of benzene rings is 2. The lowest BCUT2D eigenvalue weighted by Crippen LogP contribution is -2.40. The standard InChI is InChI=1S/C27H27ClN2O5S/c1-6-34-21-11-10-17(12-20(21)28)13-22-25(31)30-24(18-8-7-9-19(14-18)33-5)23(26(32)35-15(2)3)16(4)29-27(30)36-22/h7-15,24H,6H2,1-5H3/b22-13-/t24-/m0/s1. The summed E-state index contributed by atoms with van der Waals surface area (Å²) in [4.78, 5) is 32.0. The van der Waals surface area contributed by atoms with E-state index in [4.69, 9.17) is 25.8 Å². The molecule has 0 amide bonds. The van der Waals surface area contributed by atoms with Gasteiger partial charge < -0.3 is 14.2 Å². The van der Waals surface area contributed by atoms with E-state index >= 15 is 0 Å². The number of carbonyl (C=O) groups excluding carboxylic acids is 1. The zero-order valence-corrected chi connectivity index (χ0v) is 22.3. The van der Waals surface area contributed by atoms with E-state index in [0.29, 0.717) is 43.7 Å². The fourth-order valence-corrected chi connectivity index (χ4v) is 5.31. The number of methoxy groups -OCH3 is 1. The number of esters is 1. The monoisotopic (exact) mass is 526 g/mol. The number of ether oxygens (including phenoxy) is 3. The molecule has 0 spiro atoms. The molecule has 9 heteroatoms. The summed E-state index contributed by atoms with van der Waals surface area (Å²) >= 11 is 7.60. The van der Waals surface area contributed by atoms with Crippen molar-refractivity contribution in [3.05, 3.63) is 89.6 Å². The maximum absolute atomic E-state index is 13.7. The van der Waals surface area contributed by atoms with E-state index in [-0.39, 0.29) is 11.7 Å². The van der Waals surface area contributed by atoms with Crippen molar-refractivity contribution in [2.24, 2.45) is 4.99 Å². The second-order valence-corrected chi connectivity index (χ2v) is 9.85. The molecular formula is C27H27ClN2O5S. The lowest BCUT2D eigenvalue weighted by Gasteiger charge is -2.25. The zero-order valence-electron chi connectivity index (χ0n) is 20.7. The van der Waals surface area contributed by atoms with Gasteiger partial charge in [-0.1, -0.05) is 41.1 Å². The summed E-state index contributed by atoms with van der Waals surface area (Å²) in [5.74, 6) is 0.691. The van der Waals surface area contributed by atoms with Crippen molar-refractivity contribution in [3.63, 3.8) is 0 Å². The number of hydrogen-bond donors (Lipinski definition) is 0. The van der Waals surface area contributed by atoms with Gasteiger partial charge in [0.1, 0.15) is 11.5 Å². The summed E-state index contributed by atoms with van der Waals surface area (Å²) < 4.78 is 18.5. The van der Waals surface area contributed by atoms with Crippen molar-refractivity contribution in [2.75, 3.05) is 13.7 Å². The highest BCUT2D eigenvalue weighted by molar-refractivity contribution is 7.07. The highest BCUT2D eigenvalue weighted by Crippen LogP contribution is 2.32. The number of rotatable bonds is 7. The van der Waals surface area contributed by atoms with Gasteiger partial charge in [0, 0.05) is 0 Å². The molecule has 0 bridgehead atoms. The Balaban J connectivity index is 1.91. The van der Waals surface area contributed by atoms with Gasteiger partial charge in [0.2, 0.25) is 0 Å². The quantitative estimate of drug-likeness (QED) is 0.430. The number of hydrogen-bond acceptors (Lipinski definition) is 7. The third-order valence-corrected chi connectivity index (χ3v) is 6.83. The van der Waals surface area contributed by atoms with Crippen LogP contribution in [0.4, 0.5) is 0 Å². The first-order valence-corrected chi connectivity index (χ1v) is 12.7. The van der Waals surface area contributed by atoms with Crippen molar-refractivity contribution < 1.29 is 19.0 Å². The van der Waals surface area contributed by atoms with Crippen LogP contribution < -0.4 is 24.4 Å². The predicted molar refractivity (Wildman–Crippen MR) is 141 cm³/mol. The van der Waals surface area contributed by atoms with Crippen LogP contribution in [0.25, 0.3) is 6.08 Å². The Kier molecular flexibility index (Phi) is 7.66. The van der Waals surface area contributed by atoms with Crippen molar-refractivity contribution in [3.8, 4) is 11.5 Å². The molecule has 0 N–H and O–H groups in total. The Morgan fingerprint density at radius 1 is 1.25 bits per heavy atom. The van der Waals surface area contributed by atoms with E-state index in [1.54, 1.807) is 50.7 Å². The Hall–Kier alpha value is -3.36. The Labute approximate surface area is 217 Å². The summed E-state index contributed by atoms with van der Waals surface area (Å²) in [5.41, 5.74) is 2.03. The fourth-order valence-electron chi connectivity index (χ4n) is 4.02. The number of allylic oxidation sites excluding steroid dienone is 1. The van der Waals surface area contributed by atoms with Crippen molar-refractivity contribution in [2.45, 2.75) is 39.8 Å². The topological polar surface area (TPSA) is 79.1 Å². The molecule has 1 aromatic heterocycles. The molecule has 1 aliphatic heterocycles. The highest BCUT2D eigenvalue weighted by Gasteiger charge is 2.34. The van der Waals surface area contributed by atoms with Gasteiger partial charge in [-0.25, -0.2) is 9.79 Å². The van der Waals surface area contributed by atoms with Gasteiger partial charge >= 0.3 is 5.97 Å². The van der Waals surface area contributed by atoms with E-state index in [0.717, 1.165) is 11.1 Å². The Morgan fingerprint density at radius 3 is 2.69 bits per heavy atom. The Morgan fingerprint density at radius 2 is 2.03 bits per heavy atom. The third-order valence-electron chi connectivity index (χ3n) is 5.55. The van der Waals surface area contributed by atoms with Crippen LogP contribution in [0.2, 0.25) is 5.02 Å². The molecule has 0 saturated carbocycles. The molecule has 0 unspecified atom stereocenters. The van der Waals surface area contributed by atoms with Gasteiger partial charge in [-0.2, -0.15) is 0 Å². The molecule has 2 aromatic carbocycles. The average Bonchev–Trinajstić information content (AvgIpc) is 3.13. The SMILES string of the molecule is CCOc1ccc(/C=c2\sc3n(c2=O)[C@@H](c2cccc(OC)c2)C(C(=O)OC(C)C)=C(C)N=3)cc1Cl. The van der Waals surface area contributed by atoms with Crippen LogP contribution in [0.15, 0.2) is 63.5 Å². The molecule has 4 rings (SSSR count). The van der Waals surface area contributed by atoms with Crippen LogP contribution in [-0.4, -0.2) is 30.4 Å². The van der Waals surface area contributed by atoms with Crippen LogP contribution in [0.3, 0.4) is 0 Å². The van der Waals surface area contributed by atoms with Gasteiger partial charge in [0.15, 0.2) is 4.80 Å². The zero-order chi connectivity index (χ0) is 26.0. The van der Waals surface area contributed by atoms with Crippen molar-refractivity contribution in [1.29, 1.82) is 0 Å². The van der Waals surface area contributed by atoms with Crippen LogP contribution in [-0.2, 0) is 9.53 Å². The molecule has 0 aliphatic carbocycles. The van der Waals surface area contributed by atoms with Gasteiger partial charge in [-0.05, 0) is 69.2 Å². The number of aromatic nitrogens is 1. The minimum atomic E-state index is -0.714. The van der Waals surface area contributed by atoms with Crippen LogP contribution in [0.5, 0.6) is 11.5 Å².